The highest BCUT2D eigenvalue weighted by molar-refractivity contribution is 5.89. The predicted molar refractivity (Wildman–Crippen MR) is 120 cm³/mol. The Labute approximate surface area is 188 Å². The van der Waals surface area contributed by atoms with E-state index in [0.29, 0.717) is 17.1 Å². The van der Waals surface area contributed by atoms with Crippen LogP contribution >= 0.6 is 0 Å². The van der Waals surface area contributed by atoms with E-state index in [1.807, 2.05) is 6.07 Å². The molecule has 0 saturated carbocycles. The van der Waals surface area contributed by atoms with Gasteiger partial charge in [0.2, 0.25) is 5.91 Å². The largest absolute Gasteiger partial charge is 0.465 e. The fourth-order valence-corrected chi connectivity index (χ4v) is 2.85. The molecule has 0 aliphatic heterocycles. The summed E-state index contributed by atoms with van der Waals surface area (Å²) in [6.07, 6.45) is -0.398. The van der Waals surface area contributed by atoms with Crippen molar-refractivity contribution >= 4 is 18.0 Å². The molecule has 0 aromatic heterocycles. The third-order valence-corrected chi connectivity index (χ3v) is 4.28. The van der Waals surface area contributed by atoms with Crippen molar-refractivity contribution in [2.45, 2.75) is 38.8 Å². The molecule has 0 bridgehead atoms. The summed E-state index contributed by atoms with van der Waals surface area (Å²) in [6.45, 7) is 5.27. The molecular formula is C24H30N2O6. The van der Waals surface area contributed by atoms with Gasteiger partial charge >= 0.3 is 12.1 Å². The lowest BCUT2D eigenvalue weighted by atomic mass is 10.0. The minimum absolute atomic E-state index is 0.249. The molecule has 8 heteroatoms. The maximum atomic E-state index is 12.6. The van der Waals surface area contributed by atoms with Gasteiger partial charge in [0, 0.05) is 20.5 Å². The maximum Gasteiger partial charge on any atom is 0.408 e. The molecule has 2 aromatic rings. The number of rotatable bonds is 7. The molecule has 0 heterocycles. The summed E-state index contributed by atoms with van der Waals surface area (Å²) in [5, 5.41) is 2.66. The van der Waals surface area contributed by atoms with Crippen LogP contribution in [0.2, 0.25) is 0 Å². The number of methoxy groups -OCH3 is 1. The monoisotopic (exact) mass is 442 g/mol. The Morgan fingerprint density at radius 2 is 1.66 bits per heavy atom. The van der Waals surface area contributed by atoms with Crippen molar-refractivity contribution in [2.24, 2.45) is 0 Å². The van der Waals surface area contributed by atoms with E-state index in [0.717, 1.165) is 5.56 Å². The summed E-state index contributed by atoms with van der Waals surface area (Å²) in [5.74, 6) is 0.428. The fraction of sp³-hybridized carbons (Fsp3) is 0.375. The van der Waals surface area contributed by atoms with E-state index in [1.165, 1.54) is 12.0 Å². The van der Waals surface area contributed by atoms with Crippen molar-refractivity contribution in [2.75, 3.05) is 21.2 Å². The van der Waals surface area contributed by atoms with E-state index < -0.39 is 23.7 Å². The highest BCUT2D eigenvalue weighted by Gasteiger charge is 2.26. The van der Waals surface area contributed by atoms with E-state index in [2.05, 4.69) is 10.1 Å². The number of ether oxygens (including phenoxy) is 3. The Balaban J connectivity index is 2.14. The zero-order valence-corrected chi connectivity index (χ0v) is 19.3. The Hall–Kier alpha value is -3.55. The zero-order valence-electron chi connectivity index (χ0n) is 19.3. The number of benzene rings is 2. The topological polar surface area (TPSA) is 94.2 Å². The lowest BCUT2D eigenvalue weighted by molar-refractivity contribution is -0.130. The van der Waals surface area contributed by atoms with Gasteiger partial charge in [-0.15, -0.1) is 0 Å². The Morgan fingerprint density at radius 3 is 2.22 bits per heavy atom. The minimum Gasteiger partial charge on any atom is -0.465 e. The second kappa shape index (κ2) is 10.7. The highest BCUT2D eigenvalue weighted by Crippen LogP contribution is 2.23. The summed E-state index contributed by atoms with van der Waals surface area (Å²) >= 11 is 0. The van der Waals surface area contributed by atoms with Gasteiger partial charge < -0.3 is 24.4 Å². The molecule has 172 valence electrons. The number of nitrogens with zero attached hydrogens (tertiary/aromatic N) is 1. The number of hydrogen-bond donors (Lipinski definition) is 1. The van der Waals surface area contributed by atoms with Crippen LogP contribution in [0.3, 0.4) is 0 Å². The fourth-order valence-electron chi connectivity index (χ4n) is 2.85. The normalized spacial score (nSPS) is 11.8. The van der Waals surface area contributed by atoms with Gasteiger partial charge in [0.05, 0.1) is 12.7 Å². The van der Waals surface area contributed by atoms with Gasteiger partial charge in [0.25, 0.3) is 0 Å². The molecule has 8 nitrogen and oxygen atoms in total. The van der Waals surface area contributed by atoms with E-state index in [4.69, 9.17) is 9.47 Å². The second-order valence-corrected chi connectivity index (χ2v) is 8.40. The number of hydrogen-bond acceptors (Lipinski definition) is 6. The smallest absolute Gasteiger partial charge is 0.408 e. The number of likely N-dealkylation sites (N-methyl/N-ethyl adjacent to an activating group) is 1. The van der Waals surface area contributed by atoms with Crippen LogP contribution in [-0.2, 0) is 20.7 Å². The van der Waals surface area contributed by atoms with Crippen LogP contribution in [-0.4, -0.2) is 55.7 Å². The number of alkyl carbamates (subject to hydrolysis) is 1. The third kappa shape index (κ3) is 7.61. The van der Waals surface area contributed by atoms with Crippen LogP contribution in [0.25, 0.3) is 0 Å². The van der Waals surface area contributed by atoms with E-state index in [9.17, 15) is 14.4 Å². The molecule has 1 atom stereocenters. The first-order valence-electron chi connectivity index (χ1n) is 10.1. The number of esters is 1. The maximum absolute atomic E-state index is 12.6. The van der Waals surface area contributed by atoms with Gasteiger partial charge in [-0.05, 0) is 62.7 Å². The predicted octanol–water partition coefficient (Wildman–Crippen LogP) is 3.79. The Bertz CT molecular complexity index is 948. The van der Waals surface area contributed by atoms with Gasteiger partial charge in [0.1, 0.15) is 23.1 Å². The van der Waals surface area contributed by atoms with Crippen LogP contribution in [0, 0.1) is 0 Å². The first-order chi connectivity index (χ1) is 15.0. The number of amides is 2. The zero-order chi connectivity index (χ0) is 23.9. The molecule has 0 radical (unpaired) electrons. The third-order valence-electron chi connectivity index (χ3n) is 4.28. The van der Waals surface area contributed by atoms with Gasteiger partial charge in [-0.2, -0.15) is 0 Å². The number of nitrogens with one attached hydrogen (secondary N) is 1. The summed E-state index contributed by atoms with van der Waals surface area (Å²) in [7, 11) is 4.58. The first kappa shape index (κ1) is 24.7. The van der Waals surface area contributed by atoms with Crippen LogP contribution in [0.15, 0.2) is 48.5 Å². The molecular weight excluding hydrogens is 412 g/mol. The molecule has 0 aliphatic rings. The molecule has 2 amide bonds. The molecule has 0 saturated heterocycles. The van der Waals surface area contributed by atoms with Crippen molar-refractivity contribution in [3.63, 3.8) is 0 Å². The number of carbonyl (C=O) groups is 3. The van der Waals surface area contributed by atoms with Crippen molar-refractivity contribution in [3.05, 3.63) is 59.7 Å². The van der Waals surface area contributed by atoms with Gasteiger partial charge in [-0.25, -0.2) is 9.59 Å². The standard InChI is InChI=1S/C24H30N2O6/c1-24(2,3)32-23(29)25-20(21(27)26(4)5)15-16-8-7-9-19(14-16)31-18-12-10-17(11-13-18)22(28)30-6/h7-14,20H,15H2,1-6H3,(H,25,29). The first-order valence-corrected chi connectivity index (χ1v) is 10.1. The van der Waals surface area contributed by atoms with E-state index >= 15 is 0 Å². The second-order valence-electron chi connectivity index (χ2n) is 8.40. The Kier molecular flexibility index (Phi) is 8.23. The van der Waals surface area contributed by atoms with Crippen LogP contribution in [0.5, 0.6) is 11.5 Å². The van der Waals surface area contributed by atoms with Crippen molar-refractivity contribution in [1.82, 2.24) is 10.2 Å². The quantitative estimate of drug-likeness (QED) is 0.656. The molecule has 32 heavy (non-hydrogen) atoms. The Morgan fingerprint density at radius 1 is 1.00 bits per heavy atom. The summed E-state index contributed by atoms with van der Waals surface area (Å²) < 4.78 is 15.8. The average Bonchev–Trinajstić information content (AvgIpc) is 2.71. The van der Waals surface area contributed by atoms with Gasteiger partial charge in [-0.3, -0.25) is 4.79 Å². The molecule has 2 aromatic carbocycles. The van der Waals surface area contributed by atoms with Crippen molar-refractivity contribution < 1.29 is 28.6 Å². The SMILES string of the molecule is COC(=O)c1ccc(Oc2cccc(CC(NC(=O)OC(C)(C)C)C(=O)N(C)C)c2)cc1. The lowest BCUT2D eigenvalue weighted by Gasteiger charge is -2.25. The molecule has 1 unspecified atom stereocenters. The molecule has 2 rings (SSSR count). The van der Waals surface area contributed by atoms with Crippen LogP contribution in [0.1, 0.15) is 36.7 Å². The van der Waals surface area contributed by atoms with Crippen molar-refractivity contribution in [3.8, 4) is 11.5 Å². The van der Waals surface area contributed by atoms with Gasteiger partial charge in [0.15, 0.2) is 0 Å². The minimum atomic E-state index is -0.797. The summed E-state index contributed by atoms with van der Waals surface area (Å²) in [4.78, 5) is 37.8. The van der Waals surface area contributed by atoms with E-state index in [1.54, 1.807) is 77.3 Å². The summed E-state index contributed by atoms with van der Waals surface area (Å²) in [6, 6.07) is 13.0. The van der Waals surface area contributed by atoms with Crippen molar-refractivity contribution in [1.29, 1.82) is 0 Å². The molecule has 0 aliphatic carbocycles. The van der Waals surface area contributed by atoms with Gasteiger partial charge in [-0.1, -0.05) is 12.1 Å². The lowest BCUT2D eigenvalue weighted by Crippen LogP contribution is -2.48. The molecule has 0 fully saturated rings. The molecule has 0 spiro atoms. The molecule has 1 N–H and O–H groups in total. The number of carbonyl (C=O) groups excluding carboxylic acids is 3. The van der Waals surface area contributed by atoms with E-state index in [-0.39, 0.29) is 12.3 Å². The highest BCUT2D eigenvalue weighted by atomic mass is 16.6. The summed E-state index contributed by atoms with van der Waals surface area (Å²) in [5.41, 5.74) is 0.546. The average molecular weight is 443 g/mol. The van der Waals surface area contributed by atoms with Crippen LogP contribution < -0.4 is 10.1 Å². The van der Waals surface area contributed by atoms with Crippen LogP contribution in [0.4, 0.5) is 4.79 Å².